The summed E-state index contributed by atoms with van der Waals surface area (Å²) in [5.41, 5.74) is 3.91. The molecule has 158 valence electrons. The minimum absolute atomic E-state index is 0.160. The van der Waals surface area contributed by atoms with Gasteiger partial charge in [0.1, 0.15) is 0 Å². The Morgan fingerprint density at radius 2 is 1.55 bits per heavy atom. The molecule has 1 aliphatic carbocycles. The van der Waals surface area contributed by atoms with E-state index in [0.29, 0.717) is 11.1 Å². The maximum Gasteiger partial charge on any atom is 0.166 e. The van der Waals surface area contributed by atoms with E-state index in [1.807, 2.05) is 37.3 Å². The molecular formula is C27H36F2. The molecule has 0 saturated heterocycles. The fourth-order valence-electron chi connectivity index (χ4n) is 5.04. The van der Waals surface area contributed by atoms with Crippen LogP contribution in [-0.4, -0.2) is 0 Å². The highest BCUT2D eigenvalue weighted by atomic mass is 19.2. The molecule has 0 bridgehead atoms. The molecule has 0 unspecified atom stereocenters. The number of hydrogen-bond acceptors (Lipinski definition) is 0. The second kappa shape index (κ2) is 10.4. The van der Waals surface area contributed by atoms with Crippen LogP contribution < -0.4 is 0 Å². The van der Waals surface area contributed by atoms with E-state index in [4.69, 9.17) is 0 Å². The number of benzene rings is 2. The van der Waals surface area contributed by atoms with Crippen LogP contribution in [0.1, 0.15) is 94.2 Å². The van der Waals surface area contributed by atoms with Crippen LogP contribution in [0.15, 0.2) is 30.3 Å². The Labute approximate surface area is 175 Å². The molecule has 0 spiro atoms. The predicted octanol–water partition coefficient (Wildman–Crippen LogP) is 8.75. The van der Waals surface area contributed by atoms with Crippen molar-refractivity contribution in [2.75, 3.05) is 0 Å². The third-order valence-electron chi connectivity index (χ3n) is 6.73. The molecule has 0 amide bonds. The van der Waals surface area contributed by atoms with Crippen molar-refractivity contribution in [1.82, 2.24) is 0 Å². The maximum atomic E-state index is 15.2. The smallest absolute Gasteiger partial charge is 0.166 e. The van der Waals surface area contributed by atoms with Gasteiger partial charge in [0, 0.05) is 5.56 Å². The molecule has 0 heterocycles. The van der Waals surface area contributed by atoms with E-state index in [0.717, 1.165) is 55.6 Å². The number of halogens is 2. The lowest BCUT2D eigenvalue weighted by molar-refractivity contribution is 0.297. The van der Waals surface area contributed by atoms with Crippen LogP contribution >= 0.6 is 0 Å². The van der Waals surface area contributed by atoms with Crippen molar-refractivity contribution in [3.63, 3.8) is 0 Å². The fourth-order valence-corrected chi connectivity index (χ4v) is 5.04. The summed E-state index contributed by atoms with van der Waals surface area (Å²) in [5, 5.41) is 0. The van der Waals surface area contributed by atoms with Crippen LogP contribution in [0.3, 0.4) is 0 Å². The van der Waals surface area contributed by atoms with E-state index in [1.165, 1.54) is 31.2 Å². The minimum Gasteiger partial charge on any atom is -0.203 e. The molecule has 2 aromatic rings. The van der Waals surface area contributed by atoms with E-state index in [9.17, 15) is 0 Å². The normalized spacial score (nSPS) is 19.5. The van der Waals surface area contributed by atoms with Crippen LogP contribution in [-0.2, 0) is 6.42 Å². The summed E-state index contributed by atoms with van der Waals surface area (Å²) in [7, 11) is 0. The number of aryl methyl sites for hydroxylation is 2. The first kappa shape index (κ1) is 22.0. The van der Waals surface area contributed by atoms with Crippen LogP contribution in [0.2, 0.25) is 0 Å². The lowest BCUT2D eigenvalue weighted by Crippen LogP contribution is -2.16. The summed E-state index contributed by atoms with van der Waals surface area (Å²) < 4.78 is 30.2. The van der Waals surface area contributed by atoms with Gasteiger partial charge in [-0.15, -0.1) is 0 Å². The van der Waals surface area contributed by atoms with Crippen LogP contribution in [0, 0.1) is 24.5 Å². The van der Waals surface area contributed by atoms with Gasteiger partial charge in [-0.1, -0.05) is 70.2 Å². The summed E-state index contributed by atoms with van der Waals surface area (Å²) in [6.07, 6.45) is 11.5. The molecule has 3 rings (SSSR count). The van der Waals surface area contributed by atoms with E-state index in [2.05, 4.69) is 13.8 Å². The molecule has 1 saturated carbocycles. The Morgan fingerprint density at radius 1 is 0.862 bits per heavy atom. The predicted molar refractivity (Wildman–Crippen MR) is 119 cm³/mol. The molecule has 2 aromatic carbocycles. The first-order valence-corrected chi connectivity index (χ1v) is 11.6. The summed E-state index contributed by atoms with van der Waals surface area (Å²) in [4.78, 5) is 0. The zero-order valence-corrected chi connectivity index (χ0v) is 18.4. The van der Waals surface area contributed by atoms with E-state index in [1.54, 1.807) is 0 Å². The highest BCUT2D eigenvalue weighted by molar-refractivity contribution is 5.66. The van der Waals surface area contributed by atoms with Gasteiger partial charge in [-0.05, 0) is 79.2 Å². The van der Waals surface area contributed by atoms with Crippen LogP contribution in [0.5, 0.6) is 0 Å². The highest BCUT2D eigenvalue weighted by Crippen LogP contribution is 2.41. The monoisotopic (exact) mass is 398 g/mol. The standard InChI is InChI=1S/C27H36F2/c1-4-6-7-9-21-12-16-23(17-13-21)25-19(3)18-24(26(28)27(25)29)22-14-10-20(8-5-2)11-15-22/h10-11,14-15,18,21,23H,4-9,12-13,16-17H2,1-3H3/t21-,23-. The molecule has 0 radical (unpaired) electrons. The van der Waals surface area contributed by atoms with Crippen molar-refractivity contribution in [1.29, 1.82) is 0 Å². The van der Waals surface area contributed by atoms with Crippen molar-refractivity contribution in [2.45, 2.75) is 90.9 Å². The molecule has 0 N–H and O–H groups in total. The second-order valence-electron chi connectivity index (χ2n) is 8.94. The van der Waals surface area contributed by atoms with Gasteiger partial charge in [-0.25, -0.2) is 8.78 Å². The van der Waals surface area contributed by atoms with Gasteiger partial charge in [0.15, 0.2) is 11.6 Å². The zero-order chi connectivity index (χ0) is 20.8. The topological polar surface area (TPSA) is 0 Å². The number of unbranched alkanes of at least 4 members (excludes halogenated alkanes) is 2. The van der Waals surface area contributed by atoms with Crippen LogP contribution in [0.4, 0.5) is 8.78 Å². The van der Waals surface area contributed by atoms with Crippen LogP contribution in [0.25, 0.3) is 11.1 Å². The molecular weight excluding hydrogens is 362 g/mol. The third kappa shape index (κ3) is 5.27. The summed E-state index contributed by atoms with van der Waals surface area (Å²) >= 11 is 0. The van der Waals surface area contributed by atoms with Gasteiger partial charge in [-0.3, -0.25) is 0 Å². The van der Waals surface area contributed by atoms with E-state index >= 15 is 8.78 Å². The molecule has 0 atom stereocenters. The van der Waals surface area contributed by atoms with Crippen molar-refractivity contribution >= 4 is 0 Å². The molecule has 2 heteroatoms. The average Bonchev–Trinajstić information content (AvgIpc) is 2.73. The highest BCUT2D eigenvalue weighted by Gasteiger charge is 2.28. The minimum atomic E-state index is -0.682. The third-order valence-corrected chi connectivity index (χ3v) is 6.73. The Hall–Kier alpha value is -1.70. The van der Waals surface area contributed by atoms with Gasteiger partial charge in [0.2, 0.25) is 0 Å². The van der Waals surface area contributed by atoms with Crippen molar-refractivity contribution in [2.24, 2.45) is 5.92 Å². The average molecular weight is 399 g/mol. The van der Waals surface area contributed by atoms with Crippen molar-refractivity contribution < 1.29 is 8.78 Å². The van der Waals surface area contributed by atoms with Gasteiger partial charge in [-0.2, -0.15) is 0 Å². The quantitative estimate of drug-likeness (QED) is 0.390. The lowest BCUT2D eigenvalue weighted by atomic mass is 9.75. The Balaban J connectivity index is 1.76. The fraction of sp³-hybridized carbons (Fsp3) is 0.556. The SMILES string of the molecule is CCCCC[C@H]1CC[C@H](c2c(C)cc(-c3ccc(CCC)cc3)c(F)c2F)CC1. The zero-order valence-electron chi connectivity index (χ0n) is 18.4. The molecule has 0 nitrogen and oxygen atoms in total. The Morgan fingerprint density at radius 3 is 2.17 bits per heavy atom. The Bertz CT molecular complexity index is 783. The van der Waals surface area contributed by atoms with Gasteiger partial charge in [0.25, 0.3) is 0 Å². The number of rotatable bonds is 8. The maximum absolute atomic E-state index is 15.2. The molecule has 1 fully saturated rings. The first-order chi connectivity index (χ1) is 14.0. The second-order valence-corrected chi connectivity index (χ2v) is 8.94. The van der Waals surface area contributed by atoms with E-state index in [-0.39, 0.29) is 5.92 Å². The van der Waals surface area contributed by atoms with Crippen molar-refractivity contribution in [3.8, 4) is 11.1 Å². The summed E-state index contributed by atoms with van der Waals surface area (Å²) in [5.74, 6) is -0.370. The first-order valence-electron chi connectivity index (χ1n) is 11.6. The lowest BCUT2D eigenvalue weighted by Gasteiger charge is -2.30. The largest absolute Gasteiger partial charge is 0.203 e. The summed E-state index contributed by atoms with van der Waals surface area (Å²) in [6, 6.07) is 9.75. The van der Waals surface area contributed by atoms with Gasteiger partial charge in [0.05, 0.1) is 0 Å². The van der Waals surface area contributed by atoms with E-state index < -0.39 is 11.6 Å². The van der Waals surface area contributed by atoms with Crippen molar-refractivity contribution in [3.05, 3.63) is 58.7 Å². The van der Waals surface area contributed by atoms with Gasteiger partial charge >= 0.3 is 0 Å². The number of hydrogen-bond donors (Lipinski definition) is 0. The molecule has 0 aliphatic heterocycles. The molecule has 29 heavy (non-hydrogen) atoms. The summed E-state index contributed by atoms with van der Waals surface area (Å²) in [6.45, 7) is 6.32. The molecule has 0 aromatic heterocycles. The molecule has 1 aliphatic rings. The Kier molecular flexibility index (Phi) is 7.86. The van der Waals surface area contributed by atoms with Gasteiger partial charge < -0.3 is 0 Å².